The SMILES string of the molecule is CC=CC1CCC(C2CCC(CCc3ccc(Cl)c(F)c3)CC2)CC1. The maximum atomic E-state index is 13.5. The Kier molecular flexibility index (Phi) is 6.99. The van der Waals surface area contributed by atoms with Crippen molar-refractivity contribution in [1.29, 1.82) is 0 Å². The lowest BCUT2D eigenvalue weighted by Gasteiger charge is -2.37. The van der Waals surface area contributed by atoms with Crippen LogP contribution in [-0.2, 0) is 6.42 Å². The zero-order valence-electron chi connectivity index (χ0n) is 15.5. The molecule has 0 N–H and O–H groups in total. The van der Waals surface area contributed by atoms with Crippen LogP contribution < -0.4 is 0 Å². The van der Waals surface area contributed by atoms with Gasteiger partial charge in [0.05, 0.1) is 5.02 Å². The van der Waals surface area contributed by atoms with Crippen molar-refractivity contribution >= 4 is 11.6 Å². The van der Waals surface area contributed by atoms with Gasteiger partial charge in [-0.2, -0.15) is 0 Å². The van der Waals surface area contributed by atoms with Crippen molar-refractivity contribution in [3.05, 3.63) is 46.8 Å². The molecule has 0 nitrogen and oxygen atoms in total. The first kappa shape index (κ1) is 19.0. The predicted molar refractivity (Wildman–Crippen MR) is 105 cm³/mol. The van der Waals surface area contributed by atoms with E-state index in [2.05, 4.69) is 19.1 Å². The Morgan fingerprint density at radius 1 is 1.00 bits per heavy atom. The lowest BCUT2D eigenvalue weighted by Crippen LogP contribution is -2.25. The molecular formula is C23H32ClF. The minimum absolute atomic E-state index is 0.230. The third-order valence-electron chi connectivity index (χ3n) is 6.66. The van der Waals surface area contributed by atoms with E-state index in [0.717, 1.165) is 35.7 Å². The molecule has 1 aromatic rings. The van der Waals surface area contributed by atoms with Crippen molar-refractivity contribution in [3.8, 4) is 0 Å². The van der Waals surface area contributed by atoms with Gasteiger partial charge < -0.3 is 0 Å². The molecule has 138 valence electrons. The maximum Gasteiger partial charge on any atom is 0.142 e. The molecule has 2 aliphatic carbocycles. The van der Waals surface area contributed by atoms with Crippen LogP contribution in [0.5, 0.6) is 0 Å². The average molecular weight is 363 g/mol. The van der Waals surface area contributed by atoms with Gasteiger partial charge in [0.1, 0.15) is 5.82 Å². The van der Waals surface area contributed by atoms with Gasteiger partial charge in [0.2, 0.25) is 0 Å². The van der Waals surface area contributed by atoms with E-state index in [1.165, 1.54) is 57.8 Å². The lowest BCUT2D eigenvalue weighted by molar-refractivity contribution is 0.152. The van der Waals surface area contributed by atoms with Gasteiger partial charge >= 0.3 is 0 Å². The summed E-state index contributed by atoms with van der Waals surface area (Å²) in [5.74, 6) is 3.34. The standard InChI is InChI=1S/C23H32ClF/c1-2-3-17-6-11-20(12-7-17)21-13-8-18(9-14-21)4-5-19-10-15-22(24)23(25)16-19/h2-3,10,15-18,20-21H,4-9,11-14H2,1H3. The first-order valence-corrected chi connectivity index (χ1v) is 10.6. The highest BCUT2D eigenvalue weighted by molar-refractivity contribution is 6.30. The Morgan fingerprint density at radius 2 is 1.64 bits per heavy atom. The Hall–Kier alpha value is -0.820. The van der Waals surface area contributed by atoms with Crippen LogP contribution in [0.2, 0.25) is 5.02 Å². The van der Waals surface area contributed by atoms with Gasteiger partial charge in [0.15, 0.2) is 0 Å². The molecule has 2 saturated carbocycles. The summed E-state index contributed by atoms with van der Waals surface area (Å²) in [6.07, 6.45) is 18.1. The molecule has 25 heavy (non-hydrogen) atoms. The van der Waals surface area contributed by atoms with E-state index in [0.29, 0.717) is 0 Å². The highest BCUT2D eigenvalue weighted by Crippen LogP contribution is 2.42. The molecule has 0 heterocycles. The summed E-state index contributed by atoms with van der Waals surface area (Å²) >= 11 is 5.77. The van der Waals surface area contributed by atoms with Gasteiger partial charge in [0, 0.05) is 0 Å². The second-order valence-corrected chi connectivity index (χ2v) is 8.68. The van der Waals surface area contributed by atoms with Gasteiger partial charge in [-0.05, 0) is 99.7 Å². The van der Waals surface area contributed by atoms with Crippen LogP contribution in [0.4, 0.5) is 4.39 Å². The summed E-state index contributed by atoms with van der Waals surface area (Å²) in [7, 11) is 0. The van der Waals surface area contributed by atoms with Gasteiger partial charge in [-0.25, -0.2) is 4.39 Å². The molecular weight excluding hydrogens is 331 g/mol. The molecule has 0 unspecified atom stereocenters. The maximum absolute atomic E-state index is 13.5. The molecule has 0 bridgehead atoms. The van der Waals surface area contributed by atoms with Gasteiger partial charge in [-0.15, -0.1) is 0 Å². The molecule has 1 aromatic carbocycles. The van der Waals surface area contributed by atoms with Crippen molar-refractivity contribution in [1.82, 2.24) is 0 Å². The topological polar surface area (TPSA) is 0 Å². The molecule has 0 aliphatic heterocycles. The number of hydrogen-bond donors (Lipinski definition) is 0. The summed E-state index contributed by atoms with van der Waals surface area (Å²) in [5.41, 5.74) is 1.09. The fourth-order valence-electron chi connectivity index (χ4n) is 5.10. The molecule has 2 fully saturated rings. The van der Waals surface area contributed by atoms with Crippen molar-refractivity contribution in [3.63, 3.8) is 0 Å². The number of rotatable bonds is 5. The number of halogens is 2. The molecule has 2 heteroatoms. The summed E-state index contributed by atoms with van der Waals surface area (Å²) in [5, 5.41) is 0.230. The smallest absolute Gasteiger partial charge is 0.142 e. The van der Waals surface area contributed by atoms with Crippen molar-refractivity contribution in [2.24, 2.45) is 23.7 Å². The Balaban J connectivity index is 1.39. The third kappa shape index (κ3) is 5.33. The van der Waals surface area contributed by atoms with Crippen LogP contribution in [0.1, 0.15) is 70.3 Å². The van der Waals surface area contributed by atoms with E-state index < -0.39 is 0 Å². The fraction of sp³-hybridized carbons (Fsp3) is 0.652. The van der Waals surface area contributed by atoms with Crippen LogP contribution in [0, 0.1) is 29.5 Å². The molecule has 0 aromatic heterocycles. The molecule has 0 atom stereocenters. The van der Waals surface area contributed by atoms with E-state index in [9.17, 15) is 4.39 Å². The van der Waals surface area contributed by atoms with E-state index in [1.54, 1.807) is 12.1 Å². The molecule has 0 spiro atoms. The van der Waals surface area contributed by atoms with Gasteiger partial charge in [-0.1, -0.05) is 42.7 Å². The van der Waals surface area contributed by atoms with Crippen LogP contribution in [-0.4, -0.2) is 0 Å². The predicted octanol–water partition coefficient (Wildman–Crippen LogP) is 7.60. The first-order valence-electron chi connectivity index (χ1n) is 10.2. The lowest BCUT2D eigenvalue weighted by atomic mass is 9.68. The molecule has 0 amide bonds. The van der Waals surface area contributed by atoms with E-state index in [-0.39, 0.29) is 10.8 Å². The van der Waals surface area contributed by atoms with Gasteiger partial charge in [-0.3, -0.25) is 0 Å². The molecule has 0 radical (unpaired) electrons. The van der Waals surface area contributed by atoms with Crippen molar-refractivity contribution in [2.75, 3.05) is 0 Å². The largest absolute Gasteiger partial charge is 0.205 e. The normalized spacial score (nSPS) is 30.7. The van der Waals surface area contributed by atoms with E-state index in [4.69, 9.17) is 11.6 Å². The summed E-state index contributed by atoms with van der Waals surface area (Å²) in [4.78, 5) is 0. The molecule has 3 rings (SSSR count). The van der Waals surface area contributed by atoms with E-state index >= 15 is 0 Å². The Bertz CT molecular complexity index is 563. The highest BCUT2D eigenvalue weighted by Gasteiger charge is 2.30. The Morgan fingerprint density at radius 3 is 2.24 bits per heavy atom. The first-order chi connectivity index (χ1) is 12.2. The Labute approximate surface area is 157 Å². The van der Waals surface area contributed by atoms with Crippen LogP contribution in [0.25, 0.3) is 0 Å². The van der Waals surface area contributed by atoms with Crippen LogP contribution >= 0.6 is 11.6 Å². The third-order valence-corrected chi connectivity index (χ3v) is 6.97. The fourth-order valence-corrected chi connectivity index (χ4v) is 5.21. The minimum Gasteiger partial charge on any atom is -0.205 e. The van der Waals surface area contributed by atoms with Crippen molar-refractivity contribution in [2.45, 2.75) is 71.1 Å². The second kappa shape index (κ2) is 9.21. The summed E-state index contributed by atoms with van der Waals surface area (Å²) < 4.78 is 13.5. The number of hydrogen-bond acceptors (Lipinski definition) is 0. The zero-order valence-corrected chi connectivity index (χ0v) is 16.3. The number of allylic oxidation sites excluding steroid dienone is 2. The number of aryl methyl sites for hydroxylation is 1. The highest BCUT2D eigenvalue weighted by atomic mass is 35.5. The molecule has 0 saturated heterocycles. The van der Waals surface area contributed by atoms with Crippen LogP contribution in [0.15, 0.2) is 30.4 Å². The van der Waals surface area contributed by atoms with E-state index in [1.807, 2.05) is 6.07 Å². The van der Waals surface area contributed by atoms with Crippen molar-refractivity contribution < 1.29 is 4.39 Å². The summed E-state index contributed by atoms with van der Waals surface area (Å²) in [6.45, 7) is 2.14. The zero-order chi connectivity index (χ0) is 17.6. The minimum atomic E-state index is -0.281. The monoisotopic (exact) mass is 362 g/mol. The molecule has 2 aliphatic rings. The quantitative estimate of drug-likeness (QED) is 0.473. The number of benzene rings is 1. The van der Waals surface area contributed by atoms with Crippen LogP contribution in [0.3, 0.4) is 0 Å². The average Bonchev–Trinajstić information content (AvgIpc) is 2.64. The summed E-state index contributed by atoms with van der Waals surface area (Å²) in [6, 6.07) is 5.27. The second-order valence-electron chi connectivity index (χ2n) is 8.27. The van der Waals surface area contributed by atoms with Gasteiger partial charge in [0.25, 0.3) is 0 Å².